The molecule has 4 aromatic heterocycles. The summed E-state index contributed by atoms with van der Waals surface area (Å²) in [5.74, 6) is -0.346. The third-order valence-electron chi connectivity index (χ3n) is 12.3. The number of halogens is 3. The summed E-state index contributed by atoms with van der Waals surface area (Å²) in [6.45, 7) is 6.98. The minimum atomic E-state index is -3.55. The van der Waals surface area contributed by atoms with Crippen LogP contribution in [0.25, 0.3) is 11.3 Å². The number of aromatic nitrogens is 6. The molecule has 0 radical (unpaired) electrons. The number of amides is 2. The predicted molar refractivity (Wildman–Crippen MR) is 281 cm³/mol. The topological polar surface area (TPSA) is 240 Å². The zero-order chi connectivity index (χ0) is 51.7. The molecule has 24 heteroatoms. The van der Waals surface area contributed by atoms with Crippen LogP contribution in [-0.4, -0.2) is 110 Å². The van der Waals surface area contributed by atoms with Gasteiger partial charge in [0.05, 0.1) is 58.5 Å². The highest BCUT2D eigenvalue weighted by molar-refractivity contribution is 7.92. The fourth-order valence-corrected chi connectivity index (χ4v) is 10.2. The summed E-state index contributed by atoms with van der Waals surface area (Å²) in [5, 5.41) is 18.8. The van der Waals surface area contributed by atoms with Crippen molar-refractivity contribution in [2.24, 2.45) is 0 Å². The minimum Gasteiger partial charge on any atom is -0.478 e. The van der Waals surface area contributed by atoms with Crippen LogP contribution in [0.15, 0.2) is 73.1 Å². The quantitative estimate of drug-likeness (QED) is 0.116. The average molecular weight is 1100 g/mol. The fourth-order valence-electron chi connectivity index (χ4n) is 8.74. The lowest BCUT2D eigenvalue weighted by molar-refractivity contribution is 0.00893. The molecule has 3 N–H and O–H groups in total. The highest BCUT2D eigenvalue weighted by Gasteiger charge is 2.35. The Morgan fingerprint density at radius 1 is 0.630 bits per heavy atom. The first-order valence-corrected chi connectivity index (χ1v) is 28.3. The summed E-state index contributed by atoms with van der Waals surface area (Å²) in [7, 11) is -7.06. The number of piperidine rings is 2. The van der Waals surface area contributed by atoms with E-state index in [4.69, 9.17) is 53.2 Å². The molecule has 2 atom stereocenters. The molecule has 0 bridgehead atoms. The average Bonchev–Trinajstić information content (AvgIpc) is 4.26. The molecule has 6 aromatic rings. The van der Waals surface area contributed by atoms with E-state index in [2.05, 4.69) is 15.5 Å². The van der Waals surface area contributed by atoms with Gasteiger partial charge in [0.15, 0.2) is 11.3 Å². The molecule has 10 rings (SSSR count). The third-order valence-corrected chi connectivity index (χ3v) is 14.0. The number of rotatable bonds is 10. The number of nitrogens with zero attached hydrogens (tertiary/aromatic N) is 8. The molecular weight excluding hydrogens is 1040 g/mol. The van der Waals surface area contributed by atoms with Crippen LogP contribution in [0.3, 0.4) is 0 Å². The normalized spacial score (nSPS) is 18.1. The van der Waals surface area contributed by atoms with Gasteiger partial charge in [-0.25, -0.2) is 45.4 Å². The Morgan fingerprint density at radius 3 is 1.51 bits per heavy atom. The number of anilines is 2. The van der Waals surface area contributed by atoms with Gasteiger partial charge >= 0.3 is 12.1 Å². The van der Waals surface area contributed by atoms with Gasteiger partial charge in [0.1, 0.15) is 5.60 Å². The predicted octanol–water partition coefficient (Wildman–Crippen LogP) is 9.90. The number of hydrogen-bond donors (Lipinski definition) is 3. The van der Waals surface area contributed by atoms with Gasteiger partial charge in [-0.1, -0.05) is 23.2 Å². The van der Waals surface area contributed by atoms with Crippen molar-refractivity contribution in [1.29, 1.82) is 0 Å². The van der Waals surface area contributed by atoms with E-state index in [1.807, 2.05) is 60.8 Å². The van der Waals surface area contributed by atoms with Crippen molar-refractivity contribution in [3.05, 3.63) is 117 Å². The largest absolute Gasteiger partial charge is 0.478 e. The van der Waals surface area contributed by atoms with Gasteiger partial charge in [-0.15, -0.1) is 12.4 Å². The second-order valence-corrected chi connectivity index (χ2v) is 24.0. The van der Waals surface area contributed by atoms with E-state index in [1.54, 1.807) is 15.5 Å². The second kappa shape index (κ2) is 22.4. The molecule has 392 valence electrons. The Labute approximate surface area is 440 Å². The van der Waals surface area contributed by atoms with E-state index in [0.29, 0.717) is 29.9 Å². The molecule has 73 heavy (non-hydrogen) atoms. The number of sulfonamides is 2. The first-order valence-electron chi connectivity index (χ1n) is 23.8. The lowest BCUT2D eigenvalue weighted by Gasteiger charge is -2.35. The van der Waals surface area contributed by atoms with Gasteiger partial charge in [0.2, 0.25) is 20.0 Å². The van der Waals surface area contributed by atoms with Gasteiger partial charge in [-0.2, -0.15) is 10.2 Å². The van der Waals surface area contributed by atoms with Gasteiger partial charge in [-0.05, 0) is 134 Å². The Kier molecular flexibility index (Phi) is 16.9. The molecule has 0 unspecified atom stereocenters. The van der Waals surface area contributed by atoms with Gasteiger partial charge < -0.3 is 14.7 Å². The summed E-state index contributed by atoms with van der Waals surface area (Å²) < 4.78 is 59.2. The number of ether oxygens (including phenoxy) is 1. The van der Waals surface area contributed by atoms with Gasteiger partial charge in [-0.3, -0.25) is 19.1 Å². The van der Waals surface area contributed by atoms with Gasteiger partial charge in [0, 0.05) is 70.9 Å². The number of carbonyl (C=O) groups excluding carboxylic acids is 2. The molecule has 19 nitrogen and oxygen atoms in total. The van der Waals surface area contributed by atoms with Crippen molar-refractivity contribution in [2.75, 3.05) is 35.0 Å². The molecule has 2 saturated heterocycles. The van der Waals surface area contributed by atoms with E-state index in [-0.39, 0.29) is 64.0 Å². The summed E-state index contributed by atoms with van der Waals surface area (Å²) in [6, 6.07) is 16.3. The minimum absolute atomic E-state index is 0. The van der Waals surface area contributed by atoms with Crippen LogP contribution in [0.2, 0.25) is 10.0 Å². The van der Waals surface area contributed by atoms with E-state index < -0.39 is 31.6 Å². The van der Waals surface area contributed by atoms with Crippen molar-refractivity contribution < 1.29 is 41.1 Å². The summed E-state index contributed by atoms with van der Waals surface area (Å²) in [4.78, 5) is 50.1. The molecule has 0 spiro atoms. The zero-order valence-corrected chi connectivity index (χ0v) is 45.0. The Morgan fingerprint density at radius 2 is 1.07 bits per heavy atom. The molecule has 4 aliphatic rings. The van der Waals surface area contributed by atoms with E-state index >= 15 is 0 Å². The fraction of sp³-hybridized carbons (Fsp3) is 0.449. The number of nitrogens with one attached hydrogen (secondary N) is 2. The Bertz CT molecular complexity index is 3250. The molecule has 2 aliphatic carbocycles. The lowest BCUT2D eigenvalue weighted by Crippen LogP contribution is -2.42. The Balaban J connectivity index is 0.000000170. The lowest BCUT2D eigenvalue weighted by atomic mass is 9.98. The summed E-state index contributed by atoms with van der Waals surface area (Å²) >= 11 is 11.7. The molecule has 2 saturated carbocycles. The van der Waals surface area contributed by atoms with Crippen LogP contribution >= 0.6 is 35.6 Å². The van der Waals surface area contributed by atoms with Crippen molar-refractivity contribution in [3.8, 4) is 0 Å². The van der Waals surface area contributed by atoms with Crippen LogP contribution in [0.4, 0.5) is 16.2 Å². The smallest absolute Gasteiger partial charge is 0.410 e. The number of benzene rings is 2. The maximum Gasteiger partial charge on any atom is 0.410 e. The maximum absolute atomic E-state index is 13.6. The first-order chi connectivity index (χ1) is 34.0. The molecule has 2 amide bonds. The van der Waals surface area contributed by atoms with Crippen molar-refractivity contribution in [2.45, 2.75) is 114 Å². The van der Waals surface area contributed by atoms with Crippen LogP contribution in [0, 0.1) is 0 Å². The molecule has 2 aliphatic heterocycles. The number of carboxylic acids is 1. The number of fused-ring (bicyclic) bond motifs is 2. The molecule has 4 fully saturated rings. The summed E-state index contributed by atoms with van der Waals surface area (Å²) in [6.07, 6.45) is 16.1. The van der Waals surface area contributed by atoms with Crippen molar-refractivity contribution in [3.63, 3.8) is 0 Å². The van der Waals surface area contributed by atoms with Crippen LogP contribution in [0.1, 0.15) is 152 Å². The van der Waals surface area contributed by atoms with Crippen molar-refractivity contribution in [1.82, 2.24) is 39.0 Å². The highest BCUT2D eigenvalue weighted by Crippen LogP contribution is 2.41. The number of aromatic carboxylic acids is 1. The van der Waals surface area contributed by atoms with Crippen molar-refractivity contribution >= 4 is 96.3 Å². The number of carbonyl (C=O) groups is 3. The highest BCUT2D eigenvalue weighted by atomic mass is 35.5. The van der Waals surface area contributed by atoms with Gasteiger partial charge in [0.25, 0.3) is 5.91 Å². The maximum atomic E-state index is 13.6. The van der Waals surface area contributed by atoms with E-state index in [0.717, 1.165) is 85.1 Å². The Hall–Kier alpha value is -5.74. The molecule has 6 heterocycles. The monoisotopic (exact) mass is 1100 g/mol. The van der Waals surface area contributed by atoms with Crippen LogP contribution in [0.5, 0.6) is 0 Å². The van der Waals surface area contributed by atoms with Crippen LogP contribution < -0.4 is 9.44 Å². The SMILES string of the molecule is CC(C)(C)OC(=O)N1CCCC[C@H]1c1cc2nc(C3CC3)ccn2n1.CS(=O)(=O)Nc1ccc(Cl)cc1C(=O)N1CCCC[C@H]1c1cc2nc(C3CC3)ccn2n1.CS(=O)(=O)Nc1ccc(Cl)cc1C(=O)O.Cl. The van der Waals surface area contributed by atoms with E-state index in [9.17, 15) is 31.2 Å². The number of hydrogen-bond acceptors (Lipinski definition) is 12. The summed E-state index contributed by atoms with van der Waals surface area (Å²) in [5.41, 5.74) is 5.37. The van der Waals surface area contributed by atoms with Crippen LogP contribution in [-0.2, 0) is 24.8 Å². The first kappa shape index (κ1) is 55.0. The third kappa shape index (κ3) is 14.5. The number of likely N-dealkylation sites (tertiary alicyclic amines) is 2. The standard InChI is InChI=1S/C22H24ClN5O3S.C19H26N4O2.C8H8ClNO4S.ClH/c1-32(30,31)26-18-8-7-15(23)12-16(18)22(29)27-10-3-2-4-20(27)19-13-21-24-17(14-5-6-14)9-11-28(21)25-19;1-19(2,3)25-18(24)22-10-5-4-6-16(22)15-12-17-20-14(13-7-8-13)9-11-23(17)21-15;1-15(13,14)10-7-3-2-5(9)4-6(7)8(11)12;/h7-9,11-14,20,26H,2-6,10H2,1H3;9,11-13,16H,4-8,10H2,1-3H3;2-4,10H,1H3,(H,11,12);1H/t20-;16-;;/m00../s1. The van der Waals surface area contributed by atoms with E-state index in [1.165, 1.54) is 56.0 Å². The molecule has 2 aromatic carbocycles. The molecular formula is C49H59Cl3N10O9S2. The number of carboxylic acid groups (broad SMARTS) is 1. The second-order valence-electron chi connectivity index (χ2n) is 19.6. The zero-order valence-electron chi connectivity index (χ0n) is 41.0.